The van der Waals surface area contributed by atoms with Crippen LogP contribution in [0.1, 0.15) is 12.0 Å². The fourth-order valence-corrected chi connectivity index (χ4v) is 1.03. The molecule has 0 atom stereocenters. The lowest BCUT2D eigenvalue weighted by atomic mass is 10.3. The van der Waals surface area contributed by atoms with Crippen molar-refractivity contribution < 1.29 is 4.84 Å². The van der Waals surface area contributed by atoms with Crippen LogP contribution in [0.4, 0.5) is 0 Å². The standard InChI is InChI=1S/C8H12N2O/c1-4-10(5-1)11-7-8-2-3-9-6-8/h2-3,6,9H,1,4-5,7H2. The van der Waals surface area contributed by atoms with Crippen LogP contribution >= 0.6 is 0 Å². The first kappa shape index (κ1) is 6.88. The molecule has 2 rings (SSSR count). The molecule has 0 bridgehead atoms. The predicted molar refractivity (Wildman–Crippen MR) is 41.8 cm³/mol. The fourth-order valence-electron chi connectivity index (χ4n) is 1.03. The van der Waals surface area contributed by atoms with Crippen LogP contribution in [0.15, 0.2) is 18.5 Å². The summed E-state index contributed by atoms with van der Waals surface area (Å²) in [6.45, 7) is 2.87. The van der Waals surface area contributed by atoms with Gasteiger partial charge in [-0.15, -0.1) is 0 Å². The van der Waals surface area contributed by atoms with Gasteiger partial charge in [-0.1, -0.05) is 0 Å². The maximum atomic E-state index is 5.44. The lowest BCUT2D eigenvalue weighted by molar-refractivity contribution is -0.205. The van der Waals surface area contributed by atoms with Gasteiger partial charge in [-0.25, -0.2) is 0 Å². The zero-order valence-electron chi connectivity index (χ0n) is 6.42. The van der Waals surface area contributed by atoms with Gasteiger partial charge in [0.25, 0.3) is 0 Å². The Morgan fingerprint density at radius 2 is 2.45 bits per heavy atom. The van der Waals surface area contributed by atoms with Gasteiger partial charge in [0.15, 0.2) is 0 Å². The molecule has 0 spiro atoms. The third kappa shape index (κ3) is 1.61. The van der Waals surface area contributed by atoms with Crippen molar-refractivity contribution >= 4 is 0 Å². The van der Waals surface area contributed by atoms with Crippen molar-refractivity contribution in [3.05, 3.63) is 24.0 Å². The molecule has 1 saturated heterocycles. The Hall–Kier alpha value is -0.800. The van der Waals surface area contributed by atoms with Crippen molar-refractivity contribution in [3.8, 4) is 0 Å². The Morgan fingerprint density at radius 1 is 1.55 bits per heavy atom. The zero-order chi connectivity index (χ0) is 7.52. The summed E-state index contributed by atoms with van der Waals surface area (Å²) in [5.74, 6) is 0. The van der Waals surface area contributed by atoms with Gasteiger partial charge < -0.3 is 4.98 Å². The third-order valence-corrected chi connectivity index (χ3v) is 1.89. The van der Waals surface area contributed by atoms with Crippen LogP contribution in [-0.4, -0.2) is 23.1 Å². The zero-order valence-corrected chi connectivity index (χ0v) is 6.42. The molecule has 1 fully saturated rings. The lowest BCUT2D eigenvalue weighted by Gasteiger charge is -2.29. The second-order valence-electron chi connectivity index (χ2n) is 2.78. The Labute approximate surface area is 65.9 Å². The molecule has 0 unspecified atom stereocenters. The normalized spacial score (nSPS) is 18.2. The molecule has 0 aliphatic carbocycles. The predicted octanol–water partition coefficient (Wildman–Crippen LogP) is 1.15. The maximum Gasteiger partial charge on any atom is 0.0950 e. The van der Waals surface area contributed by atoms with Crippen molar-refractivity contribution in [2.45, 2.75) is 13.0 Å². The second kappa shape index (κ2) is 3.07. The lowest BCUT2D eigenvalue weighted by Crippen LogP contribution is -2.36. The van der Waals surface area contributed by atoms with Gasteiger partial charge in [0.05, 0.1) is 6.61 Å². The van der Waals surface area contributed by atoms with Gasteiger partial charge in [0.2, 0.25) is 0 Å². The largest absolute Gasteiger partial charge is 0.367 e. The van der Waals surface area contributed by atoms with Gasteiger partial charge in [0, 0.05) is 25.5 Å². The highest BCUT2D eigenvalue weighted by Crippen LogP contribution is 2.08. The minimum Gasteiger partial charge on any atom is -0.367 e. The van der Waals surface area contributed by atoms with Crippen LogP contribution in [0.25, 0.3) is 0 Å². The van der Waals surface area contributed by atoms with Crippen LogP contribution in [0.5, 0.6) is 0 Å². The van der Waals surface area contributed by atoms with E-state index in [0.717, 1.165) is 13.1 Å². The Bertz CT molecular complexity index is 204. The first-order valence-electron chi connectivity index (χ1n) is 3.95. The average molecular weight is 152 g/mol. The van der Waals surface area contributed by atoms with Crippen molar-refractivity contribution in [1.82, 2.24) is 10.0 Å². The van der Waals surface area contributed by atoms with E-state index in [-0.39, 0.29) is 0 Å². The summed E-state index contributed by atoms with van der Waals surface area (Å²) >= 11 is 0. The minimum atomic E-state index is 0.698. The molecule has 0 saturated carbocycles. The maximum absolute atomic E-state index is 5.44. The SMILES string of the molecule is c1cc(CON2CCC2)c[nH]1. The van der Waals surface area contributed by atoms with E-state index in [0.29, 0.717) is 6.61 Å². The van der Waals surface area contributed by atoms with Gasteiger partial charge in [-0.3, -0.25) is 4.84 Å². The summed E-state index contributed by atoms with van der Waals surface area (Å²) in [4.78, 5) is 8.43. The van der Waals surface area contributed by atoms with Crippen LogP contribution in [0.3, 0.4) is 0 Å². The average Bonchev–Trinajstić information content (AvgIpc) is 2.36. The Balaban J connectivity index is 1.74. The summed E-state index contributed by atoms with van der Waals surface area (Å²) < 4.78 is 0. The summed E-state index contributed by atoms with van der Waals surface area (Å²) in [7, 11) is 0. The topological polar surface area (TPSA) is 28.3 Å². The summed E-state index contributed by atoms with van der Waals surface area (Å²) in [5.41, 5.74) is 1.21. The van der Waals surface area contributed by atoms with E-state index in [1.807, 2.05) is 23.5 Å². The highest BCUT2D eigenvalue weighted by molar-refractivity contribution is 5.06. The Morgan fingerprint density at radius 3 is 3.00 bits per heavy atom. The number of hydrogen-bond acceptors (Lipinski definition) is 2. The van der Waals surface area contributed by atoms with Crippen molar-refractivity contribution in [2.75, 3.05) is 13.1 Å². The smallest absolute Gasteiger partial charge is 0.0950 e. The number of aromatic amines is 1. The third-order valence-electron chi connectivity index (χ3n) is 1.89. The molecule has 1 aromatic rings. The fraction of sp³-hybridized carbons (Fsp3) is 0.500. The molecule has 11 heavy (non-hydrogen) atoms. The van der Waals surface area contributed by atoms with Crippen molar-refractivity contribution in [3.63, 3.8) is 0 Å². The number of hydroxylamine groups is 2. The van der Waals surface area contributed by atoms with Gasteiger partial charge in [-0.05, 0) is 18.1 Å². The van der Waals surface area contributed by atoms with Crippen LogP contribution in [0, 0.1) is 0 Å². The summed E-state index contributed by atoms with van der Waals surface area (Å²) in [6.07, 6.45) is 5.14. The highest BCUT2D eigenvalue weighted by atomic mass is 16.7. The molecule has 1 N–H and O–H groups in total. The van der Waals surface area contributed by atoms with Crippen LogP contribution in [-0.2, 0) is 11.4 Å². The molecule has 3 nitrogen and oxygen atoms in total. The number of aromatic nitrogens is 1. The van der Waals surface area contributed by atoms with E-state index in [4.69, 9.17) is 4.84 Å². The second-order valence-corrected chi connectivity index (χ2v) is 2.78. The number of hydrogen-bond donors (Lipinski definition) is 1. The summed E-state index contributed by atoms with van der Waals surface area (Å²) in [5, 5.41) is 1.99. The van der Waals surface area contributed by atoms with Crippen LogP contribution in [0.2, 0.25) is 0 Å². The first-order chi connectivity index (χ1) is 5.45. The molecule has 1 aliphatic rings. The van der Waals surface area contributed by atoms with E-state index in [1.54, 1.807) is 0 Å². The number of H-pyrrole nitrogens is 1. The van der Waals surface area contributed by atoms with Crippen molar-refractivity contribution in [1.29, 1.82) is 0 Å². The van der Waals surface area contributed by atoms with Crippen molar-refractivity contribution in [2.24, 2.45) is 0 Å². The number of rotatable bonds is 3. The quantitative estimate of drug-likeness (QED) is 0.703. The van der Waals surface area contributed by atoms with Gasteiger partial charge >= 0.3 is 0 Å². The minimum absolute atomic E-state index is 0.698. The molecule has 0 aromatic carbocycles. The van der Waals surface area contributed by atoms with E-state index >= 15 is 0 Å². The summed E-state index contributed by atoms with van der Waals surface area (Å²) in [6, 6.07) is 2.03. The highest BCUT2D eigenvalue weighted by Gasteiger charge is 2.13. The number of nitrogens with zero attached hydrogens (tertiary/aromatic N) is 1. The van der Waals surface area contributed by atoms with E-state index in [2.05, 4.69) is 4.98 Å². The molecule has 0 radical (unpaired) electrons. The molecule has 2 heterocycles. The van der Waals surface area contributed by atoms with Gasteiger partial charge in [-0.2, -0.15) is 5.06 Å². The molecule has 0 amide bonds. The molecule has 60 valence electrons. The van der Waals surface area contributed by atoms with E-state index < -0.39 is 0 Å². The van der Waals surface area contributed by atoms with E-state index in [1.165, 1.54) is 12.0 Å². The molecular weight excluding hydrogens is 140 g/mol. The molecule has 1 aliphatic heterocycles. The molecular formula is C8H12N2O. The Kier molecular flexibility index (Phi) is 1.92. The first-order valence-corrected chi connectivity index (χ1v) is 3.95. The molecule has 1 aromatic heterocycles. The van der Waals surface area contributed by atoms with E-state index in [9.17, 15) is 0 Å². The number of nitrogens with one attached hydrogen (secondary N) is 1. The molecule has 3 heteroatoms. The monoisotopic (exact) mass is 152 g/mol. The van der Waals surface area contributed by atoms with Crippen LogP contribution < -0.4 is 0 Å². The van der Waals surface area contributed by atoms with Gasteiger partial charge in [0.1, 0.15) is 0 Å².